The Labute approximate surface area is 177 Å². The summed E-state index contributed by atoms with van der Waals surface area (Å²) < 4.78 is 28.6. The van der Waals surface area contributed by atoms with Crippen molar-refractivity contribution in [3.63, 3.8) is 0 Å². The number of para-hydroxylation sites is 1. The second-order valence-electron chi connectivity index (χ2n) is 7.58. The van der Waals surface area contributed by atoms with Crippen molar-refractivity contribution in [2.45, 2.75) is 12.2 Å². The Bertz CT molecular complexity index is 1320. The summed E-state index contributed by atoms with van der Waals surface area (Å²) >= 11 is 0. The molecule has 5 rings (SSSR count). The smallest absolute Gasteiger partial charge is 0.151 e. The molecule has 6 nitrogen and oxygen atoms in total. The number of imidazole rings is 1. The minimum absolute atomic E-state index is 0.123. The summed E-state index contributed by atoms with van der Waals surface area (Å²) in [6.45, 7) is 0.440. The molecule has 1 fully saturated rings. The van der Waals surface area contributed by atoms with Crippen molar-refractivity contribution in [3.8, 4) is 28.6 Å². The molecular weight excluding hydrogens is 398 g/mol. The van der Waals surface area contributed by atoms with Crippen molar-refractivity contribution in [3.05, 3.63) is 66.2 Å². The van der Waals surface area contributed by atoms with E-state index in [0.29, 0.717) is 34.7 Å². The summed E-state index contributed by atoms with van der Waals surface area (Å²) in [5, 5.41) is 9.31. The number of rotatable bonds is 3. The van der Waals surface area contributed by atoms with E-state index in [1.54, 1.807) is 42.7 Å². The van der Waals surface area contributed by atoms with Crippen molar-refractivity contribution in [2.75, 3.05) is 18.0 Å². The number of alkyl halides is 1. The number of fused-ring (bicyclic) bond motifs is 1. The fraction of sp³-hybridized carbons (Fsp3) is 0.174. The van der Waals surface area contributed by atoms with Crippen molar-refractivity contribution >= 4 is 16.7 Å². The first-order valence-electron chi connectivity index (χ1n) is 9.83. The van der Waals surface area contributed by atoms with Gasteiger partial charge in [0.1, 0.15) is 17.5 Å². The van der Waals surface area contributed by atoms with Crippen LogP contribution in [0, 0.1) is 17.1 Å². The van der Waals surface area contributed by atoms with Gasteiger partial charge in [-0.1, -0.05) is 18.2 Å². The molecule has 31 heavy (non-hydrogen) atoms. The quantitative estimate of drug-likeness (QED) is 0.530. The standard InChI is InChI=1S/C23H18F2N6/c24-17-5-2-6-20-21(17)30-23(29-20)16-10-28-9-15(14-4-1-3-13(7-14)8-26)22(16)31-11-18(25)19(27)12-31/h1-7,9-10,18-19H,11-12,27H2,(H,29,30)/t18-,19+/m0/s1. The number of nitrogens with two attached hydrogens (primary N) is 1. The number of benzene rings is 2. The molecule has 4 aromatic rings. The Morgan fingerprint density at radius 3 is 2.68 bits per heavy atom. The van der Waals surface area contributed by atoms with Gasteiger partial charge in [-0.15, -0.1) is 0 Å². The molecule has 8 heteroatoms. The average molecular weight is 416 g/mol. The van der Waals surface area contributed by atoms with Crippen LogP contribution in [0.2, 0.25) is 0 Å². The minimum Gasteiger partial charge on any atom is -0.366 e. The van der Waals surface area contributed by atoms with Crippen LogP contribution >= 0.6 is 0 Å². The van der Waals surface area contributed by atoms with Crippen molar-refractivity contribution in [2.24, 2.45) is 5.73 Å². The number of anilines is 1. The van der Waals surface area contributed by atoms with Gasteiger partial charge in [0.15, 0.2) is 5.82 Å². The first kappa shape index (κ1) is 19.2. The predicted molar refractivity (Wildman–Crippen MR) is 115 cm³/mol. The SMILES string of the molecule is N#Cc1cccc(-c2cncc(-c3nc4c(F)cccc4[nH]3)c2N2C[C@@H](N)[C@@H](F)C2)c1. The maximum atomic E-state index is 14.4. The van der Waals surface area contributed by atoms with Gasteiger partial charge < -0.3 is 15.6 Å². The molecule has 1 aliphatic heterocycles. The topological polar surface area (TPSA) is 94.6 Å². The zero-order chi connectivity index (χ0) is 21.5. The number of pyridine rings is 1. The van der Waals surface area contributed by atoms with Crippen molar-refractivity contribution in [1.29, 1.82) is 5.26 Å². The molecule has 0 amide bonds. The fourth-order valence-electron chi connectivity index (χ4n) is 4.03. The summed E-state index contributed by atoms with van der Waals surface area (Å²) in [7, 11) is 0. The van der Waals surface area contributed by atoms with Crippen LogP contribution in [-0.4, -0.2) is 40.3 Å². The number of hydrogen-bond acceptors (Lipinski definition) is 5. The Balaban J connectivity index is 1.74. The highest BCUT2D eigenvalue weighted by molar-refractivity contribution is 5.91. The summed E-state index contributed by atoms with van der Waals surface area (Å²) in [5.74, 6) is -0.00355. The molecule has 3 heterocycles. The Morgan fingerprint density at radius 2 is 1.94 bits per heavy atom. The number of nitrogens with one attached hydrogen (secondary N) is 1. The minimum atomic E-state index is -1.17. The number of H-pyrrole nitrogens is 1. The molecule has 0 spiro atoms. The third-order valence-corrected chi connectivity index (χ3v) is 5.55. The van der Waals surface area contributed by atoms with E-state index in [1.165, 1.54) is 6.07 Å². The molecule has 2 aromatic heterocycles. The van der Waals surface area contributed by atoms with Gasteiger partial charge >= 0.3 is 0 Å². The van der Waals surface area contributed by atoms with E-state index >= 15 is 0 Å². The second kappa shape index (κ2) is 7.45. The zero-order valence-corrected chi connectivity index (χ0v) is 16.4. The van der Waals surface area contributed by atoms with Crippen LogP contribution in [0.25, 0.3) is 33.5 Å². The first-order valence-corrected chi connectivity index (χ1v) is 9.83. The van der Waals surface area contributed by atoms with Crippen LogP contribution in [0.3, 0.4) is 0 Å². The second-order valence-corrected chi connectivity index (χ2v) is 7.58. The molecule has 0 radical (unpaired) electrons. The van der Waals surface area contributed by atoms with Crippen LogP contribution in [-0.2, 0) is 0 Å². The Morgan fingerprint density at radius 1 is 1.13 bits per heavy atom. The number of hydrogen-bond donors (Lipinski definition) is 2. The van der Waals surface area contributed by atoms with Crippen molar-refractivity contribution in [1.82, 2.24) is 15.0 Å². The van der Waals surface area contributed by atoms with Gasteiger partial charge in [-0.2, -0.15) is 5.26 Å². The number of halogens is 2. The molecule has 1 aliphatic rings. The van der Waals surface area contributed by atoms with E-state index in [9.17, 15) is 14.0 Å². The normalized spacial score (nSPS) is 18.5. The van der Waals surface area contributed by atoms with Gasteiger partial charge in [0.25, 0.3) is 0 Å². The highest BCUT2D eigenvalue weighted by Gasteiger charge is 2.33. The number of nitriles is 1. The van der Waals surface area contributed by atoms with Gasteiger partial charge in [-0.05, 0) is 29.8 Å². The zero-order valence-electron chi connectivity index (χ0n) is 16.4. The monoisotopic (exact) mass is 416 g/mol. The van der Waals surface area contributed by atoms with Crippen LogP contribution in [0.5, 0.6) is 0 Å². The average Bonchev–Trinajstić information content (AvgIpc) is 3.37. The van der Waals surface area contributed by atoms with Crippen LogP contribution in [0.1, 0.15) is 5.56 Å². The lowest BCUT2D eigenvalue weighted by Gasteiger charge is -2.24. The van der Waals surface area contributed by atoms with Gasteiger partial charge in [0, 0.05) is 24.5 Å². The van der Waals surface area contributed by atoms with Crippen molar-refractivity contribution < 1.29 is 8.78 Å². The predicted octanol–water partition coefficient (Wildman–Crippen LogP) is 3.79. The molecule has 3 N–H and O–H groups in total. The van der Waals surface area contributed by atoms with E-state index in [-0.39, 0.29) is 12.1 Å². The third kappa shape index (κ3) is 3.29. The van der Waals surface area contributed by atoms with E-state index < -0.39 is 18.0 Å². The molecule has 2 atom stereocenters. The van der Waals surface area contributed by atoms with Gasteiger partial charge in [0.05, 0.1) is 41.0 Å². The summed E-state index contributed by atoms with van der Waals surface area (Å²) in [6, 6.07) is 13.3. The molecule has 0 bridgehead atoms. The summed E-state index contributed by atoms with van der Waals surface area (Å²) in [4.78, 5) is 13.8. The molecule has 2 aromatic carbocycles. The number of nitrogens with zero attached hydrogens (tertiary/aromatic N) is 4. The third-order valence-electron chi connectivity index (χ3n) is 5.55. The Hall–Kier alpha value is -3.83. The Kier molecular flexibility index (Phi) is 4.60. The lowest BCUT2D eigenvalue weighted by molar-refractivity contribution is 0.333. The van der Waals surface area contributed by atoms with Gasteiger partial charge in [0.2, 0.25) is 0 Å². The summed E-state index contributed by atoms with van der Waals surface area (Å²) in [6.07, 6.45) is 2.13. The van der Waals surface area contributed by atoms with Gasteiger partial charge in [-0.25, -0.2) is 13.8 Å². The van der Waals surface area contributed by atoms with Crippen LogP contribution < -0.4 is 10.6 Å². The highest BCUT2D eigenvalue weighted by atomic mass is 19.1. The fourth-order valence-corrected chi connectivity index (χ4v) is 4.03. The molecular formula is C23H18F2N6. The lowest BCUT2D eigenvalue weighted by atomic mass is 10.00. The molecule has 0 saturated carbocycles. The van der Waals surface area contributed by atoms with E-state index in [4.69, 9.17) is 5.73 Å². The highest BCUT2D eigenvalue weighted by Crippen LogP contribution is 2.40. The van der Waals surface area contributed by atoms with Crippen LogP contribution in [0.15, 0.2) is 54.9 Å². The number of aromatic amines is 1. The van der Waals surface area contributed by atoms with E-state index in [2.05, 4.69) is 21.0 Å². The molecule has 0 unspecified atom stereocenters. The lowest BCUT2D eigenvalue weighted by Crippen LogP contribution is -2.30. The molecule has 154 valence electrons. The number of aromatic nitrogens is 3. The maximum absolute atomic E-state index is 14.4. The van der Waals surface area contributed by atoms with Crippen LogP contribution in [0.4, 0.5) is 14.5 Å². The molecule has 0 aliphatic carbocycles. The maximum Gasteiger partial charge on any atom is 0.151 e. The van der Waals surface area contributed by atoms with E-state index in [0.717, 1.165) is 11.1 Å². The first-order chi connectivity index (χ1) is 15.0. The largest absolute Gasteiger partial charge is 0.366 e. The molecule has 1 saturated heterocycles. The summed E-state index contributed by atoms with van der Waals surface area (Å²) in [5.41, 5.74) is 10.0. The van der Waals surface area contributed by atoms with E-state index in [1.807, 2.05) is 11.0 Å². The van der Waals surface area contributed by atoms with Gasteiger partial charge in [-0.3, -0.25) is 4.98 Å².